The minimum Gasteiger partial charge on any atom is -0.478 e. The highest BCUT2D eigenvalue weighted by Crippen LogP contribution is 1.74. The Balaban J connectivity index is 0. The lowest BCUT2D eigenvalue weighted by molar-refractivity contribution is -0.132. The van der Waals surface area contributed by atoms with Crippen LogP contribution in [-0.4, -0.2) is 22.2 Å². The summed E-state index contributed by atoms with van der Waals surface area (Å²) < 4.78 is 0. The summed E-state index contributed by atoms with van der Waals surface area (Å²) >= 11 is 0. The average Bonchev–Trinajstić information content (AvgIpc) is 2.05. The molecule has 0 spiro atoms. The second kappa shape index (κ2) is 11.2. The number of carboxylic acids is 2. The SMILES string of the molecule is C/C=C/C(=O)O.CC=CC=CC(=O)O. The van der Waals surface area contributed by atoms with Crippen LogP contribution in [0.15, 0.2) is 36.5 Å². The summed E-state index contributed by atoms with van der Waals surface area (Å²) in [5, 5.41) is 15.8. The van der Waals surface area contributed by atoms with Gasteiger partial charge >= 0.3 is 11.9 Å². The fraction of sp³-hybridized carbons (Fsp3) is 0.200. The van der Waals surface area contributed by atoms with Crippen LogP contribution < -0.4 is 0 Å². The fourth-order valence-electron chi connectivity index (χ4n) is 0.392. The number of rotatable bonds is 3. The molecule has 4 heteroatoms. The third-order valence-corrected chi connectivity index (χ3v) is 0.852. The number of carboxylic acid groups (broad SMARTS) is 2. The molecule has 0 aliphatic carbocycles. The Hall–Kier alpha value is -1.84. The molecule has 0 heterocycles. The topological polar surface area (TPSA) is 74.6 Å². The first-order chi connectivity index (χ1) is 6.54. The Labute approximate surface area is 82.9 Å². The Morgan fingerprint density at radius 3 is 1.57 bits per heavy atom. The van der Waals surface area contributed by atoms with Gasteiger partial charge < -0.3 is 10.2 Å². The van der Waals surface area contributed by atoms with Gasteiger partial charge in [0.25, 0.3) is 0 Å². The second-order valence-corrected chi connectivity index (χ2v) is 2.06. The summed E-state index contributed by atoms with van der Waals surface area (Å²) in [7, 11) is 0. The molecule has 0 unspecified atom stereocenters. The molecule has 0 amide bonds. The van der Waals surface area contributed by atoms with Crippen molar-refractivity contribution in [1.82, 2.24) is 0 Å². The largest absolute Gasteiger partial charge is 0.478 e. The van der Waals surface area contributed by atoms with E-state index in [9.17, 15) is 9.59 Å². The van der Waals surface area contributed by atoms with Gasteiger partial charge in [-0.3, -0.25) is 0 Å². The van der Waals surface area contributed by atoms with Crippen LogP contribution in [0.4, 0.5) is 0 Å². The molecule has 0 rings (SSSR count). The monoisotopic (exact) mass is 198 g/mol. The first kappa shape index (κ1) is 14.7. The van der Waals surface area contributed by atoms with Crippen LogP contribution in [0.1, 0.15) is 13.8 Å². The van der Waals surface area contributed by atoms with Gasteiger partial charge in [-0.2, -0.15) is 0 Å². The van der Waals surface area contributed by atoms with E-state index in [4.69, 9.17) is 10.2 Å². The maximum absolute atomic E-state index is 9.75. The molecule has 0 saturated heterocycles. The highest BCUT2D eigenvalue weighted by Gasteiger charge is 1.78. The maximum atomic E-state index is 9.75. The van der Waals surface area contributed by atoms with E-state index >= 15 is 0 Å². The predicted octanol–water partition coefficient (Wildman–Crippen LogP) is 1.85. The van der Waals surface area contributed by atoms with Crippen molar-refractivity contribution in [2.45, 2.75) is 13.8 Å². The van der Waals surface area contributed by atoms with Crippen LogP contribution in [0.2, 0.25) is 0 Å². The molecule has 0 bridgehead atoms. The smallest absolute Gasteiger partial charge is 0.328 e. The van der Waals surface area contributed by atoms with E-state index < -0.39 is 11.9 Å². The lowest BCUT2D eigenvalue weighted by atomic mass is 10.4. The molecule has 4 nitrogen and oxygen atoms in total. The van der Waals surface area contributed by atoms with Gasteiger partial charge in [0.05, 0.1) is 0 Å². The van der Waals surface area contributed by atoms with E-state index in [2.05, 4.69) is 0 Å². The van der Waals surface area contributed by atoms with Crippen LogP contribution in [0, 0.1) is 0 Å². The van der Waals surface area contributed by atoms with Gasteiger partial charge in [0.1, 0.15) is 0 Å². The standard InChI is InChI=1S/C6H8O2.C4H6O2/c1-2-3-4-5-6(7)8;1-2-3-4(5)6/h2-5H,1H3,(H,7,8);2-3H,1H3,(H,5,6)/b;3-2+. The van der Waals surface area contributed by atoms with Crippen LogP contribution in [0.5, 0.6) is 0 Å². The van der Waals surface area contributed by atoms with Crippen LogP contribution in [0.25, 0.3) is 0 Å². The first-order valence-electron chi connectivity index (χ1n) is 3.92. The zero-order valence-corrected chi connectivity index (χ0v) is 8.18. The minimum atomic E-state index is -0.914. The first-order valence-corrected chi connectivity index (χ1v) is 3.92. The third-order valence-electron chi connectivity index (χ3n) is 0.852. The Bertz CT molecular complexity index is 249. The van der Waals surface area contributed by atoms with Crippen LogP contribution in [-0.2, 0) is 9.59 Å². The van der Waals surface area contributed by atoms with E-state index in [1.54, 1.807) is 19.1 Å². The number of hydrogen-bond donors (Lipinski definition) is 2. The van der Waals surface area contributed by atoms with Gasteiger partial charge in [0, 0.05) is 12.2 Å². The Kier molecular flexibility index (Phi) is 11.7. The summed E-state index contributed by atoms with van der Waals surface area (Å²) in [4.78, 5) is 19.3. The lowest BCUT2D eigenvalue weighted by Crippen LogP contribution is -1.83. The van der Waals surface area contributed by atoms with Gasteiger partial charge in [0.15, 0.2) is 0 Å². The van der Waals surface area contributed by atoms with Gasteiger partial charge in [-0.05, 0) is 13.8 Å². The van der Waals surface area contributed by atoms with Crippen molar-refractivity contribution < 1.29 is 19.8 Å². The zero-order valence-electron chi connectivity index (χ0n) is 8.18. The summed E-state index contributed by atoms with van der Waals surface area (Å²) in [5.74, 6) is -1.80. The normalized spacial score (nSPS) is 10.4. The van der Waals surface area contributed by atoms with Crippen molar-refractivity contribution in [1.29, 1.82) is 0 Å². The molecule has 0 aliphatic heterocycles. The minimum absolute atomic E-state index is 0.891. The quantitative estimate of drug-likeness (QED) is 0.536. The molecule has 78 valence electrons. The number of allylic oxidation sites excluding steroid dienone is 4. The Morgan fingerprint density at radius 1 is 0.857 bits per heavy atom. The van der Waals surface area contributed by atoms with E-state index in [-0.39, 0.29) is 0 Å². The van der Waals surface area contributed by atoms with Gasteiger partial charge in [0.2, 0.25) is 0 Å². The lowest BCUT2D eigenvalue weighted by Gasteiger charge is -1.72. The molecule has 0 aromatic rings. The summed E-state index contributed by atoms with van der Waals surface area (Å²) in [5.41, 5.74) is 0. The average molecular weight is 198 g/mol. The van der Waals surface area contributed by atoms with Gasteiger partial charge in [-0.25, -0.2) is 9.59 Å². The molecule has 0 atom stereocenters. The summed E-state index contributed by atoms with van der Waals surface area (Å²) in [6, 6.07) is 0. The fourth-order valence-corrected chi connectivity index (χ4v) is 0.392. The third kappa shape index (κ3) is 22.5. The Morgan fingerprint density at radius 2 is 1.36 bits per heavy atom. The predicted molar refractivity (Wildman–Crippen MR) is 54.0 cm³/mol. The molecule has 0 aliphatic rings. The van der Waals surface area contributed by atoms with Crippen molar-refractivity contribution >= 4 is 11.9 Å². The highest BCUT2D eigenvalue weighted by molar-refractivity contribution is 5.80. The number of carbonyl (C=O) groups is 2. The molecular formula is C10H14O4. The molecular weight excluding hydrogens is 184 g/mol. The molecule has 14 heavy (non-hydrogen) atoms. The molecule has 0 saturated carbocycles. The zero-order chi connectivity index (χ0) is 11.4. The number of hydrogen-bond acceptors (Lipinski definition) is 2. The molecule has 0 radical (unpaired) electrons. The molecule has 0 aromatic heterocycles. The second-order valence-electron chi connectivity index (χ2n) is 2.06. The van der Waals surface area contributed by atoms with Crippen LogP contribution >= 0.6 is 0 Å². The van der Waals surface area contributed by atoms with Crippen molar-refractivity contribution in [3.63, 3.8) is 0 Å². The van der Waals surface area contributed by atoms with Crippen molar-refractivity contribution in [2.24, 2.45) is 0 Å². The number of aliphatic carboxylic acids is 2. The maximum Gasteiger partial charge on any atom is 0.328 e. The van der Waals surface area contributed by atoms with Crippen LogP contribution in [0.3, 0.4) is 0 Å². The molecule has 0 fully saturated rings. The van der Waals surface area contributed by atoms with Crippen molar-refractivity contribution in [2.75, 3.05) is 0 Å². The molecule has 2 N–H and O–H groups in total. The van der Waals surface area contributed by atoms with Crippen molar-refractivity contribution in [3.05, 3.63) is 36.5 Å². The van der Waals surface area contributed by atoms with Crippen molar-refractivity contribution in [3.8, 4) is 0 Å². The van der Waals surface area contributed by atoms with E-state index in [1.807, 2.05) is 6.92 Å². The molecule has 0 aromatic carbocycles. The summed E-state index contributed by atoms with van der Waals surface area (Å²) in [6.45, 7) is 3.49. The van der Waals surface area contributed by atoms with Gasteiger partial charge in [-0.1, -0.05) is 24.3 Å². The van der Waals surface area contributed by atoms with E-state index in [1.165, 1.54) is 12.2 Å². The van der Waals surface area contributed by atoms with Gasteiger partial charge in [-0.15, -0.1) is 0 Å². The summed E-state index contributed by atoms with van der Waals surface area (Å²) in [6.07, 6.45) is 8.54. The van der Waals surface area contributed by atoms with E-state index in [0.717, 1.165) is 12.2 Å². The van der Waals surface area contributed by atoms with E-state index in [0.29, 0.717) is 0 Å². The highest BCUT2D eigenvalue weighted by atomic mass is 16.4.